The van der Waals surface area contributed by atoms with Gasteiger partial charge in [-0.3, -0.25) is 9.58 Å². The van der Waals surface area contributed by atoms with Crippen LogP contribution in [-0.2, 0) is 5.54 Å². The summed E-state index contributed by atoms with van der Waals surface area (Å²) in [5.41, 5.74) is 9.44. The summed E-state index contributed by atoms with van der Waals surface area (Å²) < 4.78 is 2.10. The highest BCUT2D eigenvalue weighted by atomic mass is 16.3. The Hall–Kier alpha value is -3.29. The zero-order chi connectivity index (χ0) is 26.8. The number of fused-ring (bicyclic) bond motifs is 2. The van der Waals surface area contributed by atoms with Crippen LogP contribution < -0.4 is 4.90 Å². The number of rotatable bonds is 3. The summed E-state index contributed by atoms with van der Waals surface area (Å²) in [6.45, 7) is 16.6. The van der Waals surface area contributed by atoms with E-state index in [4.69, 9.17) is 15.1 Å². The van der Waals surface area contributed by atoms with Crippen molar-refractivity contribution in [3.05, 3.63) is 59.3 Å². The number of pyridine rings is 2. The van der Waals surface area contributed by atoms with Crippen LogP contribution in [0, 0.1) is 20.8 Å². The van der Waals surface area contributed by atoms with Gasteiger partial charge < -0.3 is 10.0 Å². The molecule has 0 bridgehead atoms. The highest BCUT2D eigenvalue weighted by Crippen LogP contribution is 2.35. The van der Waals surface area contributed by atoms with Gasteiger partial charge in [0, 0.05) is 49.5 Å². The van der Waals surface area contributed by atoms with Crippen molar-refractivity contribution in [1.82, 2.24) is 24.6 Å². The Morgan fingerprint density at radius 1 is 0.947 bits per heavy atom. The molecule has 0 spiro atoms. The van der Waals surface area contributed by atoms with Gasteiger partial charge in [-0.1, -0.05) is 18.2 Å². The summed E-state index contributed by atoms with van der Waals surface area (Å²) in [7, 11) is 0. The molecule has 0 aliphatic carbocycles. The van der Waals surface area contributed by atoms with Crippen LogP contribution in [-0.4, -0.2) is 68.1 Å². The van der Waals surface area contributed by atoms with Gasteiger partial charge >= 0.3 is 0 Å². The molecule has 0 radical (unpaired) electrons. The number of hydrogen-bond acceptors (Lipinski definition) is 6. The molecule has 5 heterocycles. The van der Waals surface area contributed by atoms with Crippen molar-refractivity contribution in [3.63, 3.8) is 0 Å². The Kier molecular flexibility index (Phi) is 6.04. The third-order valence-corrected chi connectivity index (χ3v) is 8.28. The Labute approximate surface area is 225 Å². The second kappa shape index (κ2) is 9.17. The van der Waals surface area contributed by atoms with Gasteiger partial charge in [-0.15, -0.1) is 0 Å². The lowest BCUT2D eigenvalue weighted by atomic mass is 9.97. The van der Waals surface area contributed by atoms with Crippen molar-refractivity contribution in [2.24, 2.45) is 0 Å². The summed E-state index contributed by atoms with van der Waals surface area (Å²) in [6, 6.07) is 13.3. The molecule has 6 rings (SSSR count). The highest BCUT2D eigenvalue weighted by Gasteiger charge is 2.35. The molecule has 2 atom stereocenters. The number of anilines is 1. The van der Waals surface area contributed by atoms with Crippen LogP contribution in [0.25, 0.3) is 33.5 Å². The van der Waals surface area contributed by atoms with Gasteiger partial charge in [0.15, 0.2) is 0 Å². The van der Waals surface area contributed by atoms with E-state index in [1.54, 1.807) is 0 Å². The number of piperazine rings is 1. The lowest BCUT2D eigenvalue weighted by Gasteiger charge is -2.37. The van der Waals surface area contributed by atoms with Crippen LogP contribution in [0.5, 0.6) is 0 Å². The van der Waals surface area contributed by atoms with Gasteiger partial charge in [0.2, 0.25) is 0 Å². The third kappa shape index (κ3) is 4.28. The van der Waals surface area contributed by atoms with Crippen LogP contribution in [0.4, 0.5) is 5.82 Å². The first-order valence-corrected chi connectivity index (χ1v) is 13.7. The Morgan fingerprint density at radius 2 is 1.76 bits per heavy atom. The molecule has 2 fully saturated rings. The van der Waals surface area contributed by atoms with E-state index in [1.165, 1.54) is 16.7 Å². The maximum absolute atomic E-state index is 10.1. The summed E-state index contributed by atoms with van der Waals surface area (Å²) in [6.07, 6.45) is 2.59. The minimum Gasteiger partial charge on any atom is -0.392 e. The molecule has 7 nitrogen and oxygen atoms in total. The maximum atomic E-state index is 10.1. The van der Waals surface area contributed by atoms with Gasteiger partial charge in [-0.25, -0.2) is 9.97 Å². The van der Waals surface area contributed by atoms with Gasteiger partial charge in [-0.05, 0) is 82.9 Å². The van der Waals surface area contributed by atoms with Crippen molar-refractivity contribution in [2.45, 2.75) is 65.6 Å². The number of aryl methyl sites for hydroxylation is 2. The number of aliphatic hydroxyl groups is 1. The molecule has 2 aliphatic heterocycles. The summed E-state index contributed by atoms with van der Waals surface area (Å²) >= 11 is 0. The van der Waals surface area contributed by atoms with E-state index in [1.807, 2.05) is 6.20 Å². The standard InChI is InChI=1S/C31H38N6O/c1-19-8-7-9-25(21(19)3)28-20(2)14-26-30(33-28)29(34-37(26)31(4,5)6)22-10-11-27(32-16-22)36-13-12-35-18-24(38)15-23(35)17-36/h7-11,14,16,23-24,38H,12-13,15,17-18H2,1-6H3/t23-,24+/m0/s1. The molecule has 0 unspecified atom stereocenters. The topological polar surface area (TPSA) is 70.3 Å². The van der Waals surface area contributed by atoms with Crippen molar-refractivity contribution in [2.75, 3.05) is 31.1 Å². The lowest BCUT2D eigenvalue weighted by Crippen LogP contribution is -2.50. The smallest absolute Gasteiger partial charge is 0.128 e. The molecule has 0 amide bonds. The second-order valence-corrected chi connectivity index (χ2v) is 12.1. The highest BCUT2D eigenvalue weighted by molar-refractivity contribution is 5.92. The molecule has 2 saturated heterocycles. The van der Waals surface area contributed by atoms with Crippen molar-refractivity contribution < 1.29 is 5.11 Å². The van der Waals surface area contributed by atoms with E-state index in [0.717, 1.165) is 72.0 Å². The van der Waals surface area contributed by atoms with Crippen molar-refractivity contribution in [1.29, 1.82) is 0 Å². The van der Waals surface area contributed by atoms with Gasteiger partial charge in [0.25, 0.3) is 0 Å². The third-order valence-electron chi connectivity index (χ3n) is 8.28. The minimum atomic E-state index is -0.203. The Bertz CT molecular complexity index is 1500. The second-order valence-electron chi connectivity index (χ2n) is 12.1. The number of aliphatic hydroxyl groups excluding tert-OH is 1. The zero-order valence-electron chi connectivity index (χ0n) is 23.4. The normalized spacial score (nSPS) is 20.3. The van der Waals surface area contributed by atoms with Crippen LogP contribution >= 0.6 is 0 Å². The predicted molar refractivity (Wildman–Crippen MR) is 154 cm³/mol. The maximum Gasteiger partial charge on any atom is 0.128 e. The average molecular weight is 511 g/mol. The van der Waals surface area contributed by atoms with Crippen LogP contribution in [0.1, 0.15) is 43.9 Å². The van der Waals surface area contributed by atoms with Crippen LogP contribution in [0.2, 0.25) is 0 Å². The van der Waals surface area contributed by atoms with E-state index < -0.39 is 0 Å². The Morgan fingerprint density at radius 3 is 2.50 bits per heavy atom. The molecule has 1 aromatic carbocycles. The van der Waals surface area contributed by atoms with E-state index in [-0.39, 0.29) is 11.6 Å². The molecule has 2 aliphatic rings. The van der Waals surface area contributed by atoms with E-state index in [9.17, 15) is 5.11 Å². The molecule has 7 heteroatoms. The molecule has 198 valence electrons. The zero-order valence-corrected chi connectivity index (χ0v) is 23.4. The van der Waals surface area contributed by atoms with Crippen molar-refractivity contribution in [3.8, 4) is 22.5 Å². The first kappa shape index (κ1) is 25.0. The fourth-order valence-electron chi connectivity index (χ4n) is 6.06. The molecule has 4 aromatic rings. The van der Waals surface area contributed by atoms with Gasteiger partial charge in [0.1, 0.15) is 17.0 Å². The summed E-state index contributed by atoms with van der Waals surface area (Å²) in [5.74, 6) is 0.981. The fraction of sp³-hybridized carbons (Fsp3) is 0.452. The molecule has 38 heavy (non-hydrogen) atoms. The number of aromatic nitrogens is 4. The lowest BCUT2D eigenvalue weighted by molar-refractivity contribution is 0.173. The van der Waals surface area contributed by atoms with E-state index in [0.29, 0.717) is 6.04 Å². The number of nitrogens with zero attached hydrogens (tertiary/aromatic N) is 6. The molecular formula is C31H38N6O. The quantitative estimate of drug-likeness (QED) is 0.414. The molecule has 0 saturated carbocycles. The largest absolute Gasteiger partial charge is 0.392 e. The average Bonchev–Trinajstić information content (AvgIpc) is 3.44. The molecular weight excluding hydrogens is 472 g/mol. The van der Waals surface area contributed by atoms with Crippen LogP contribution in [0.3, 0.4) is 0 Å². The van der Waals surface area contributed by atoms with Gasteiger partial charge in [-0.2, -0.15) is 5.10 Å². The van der Waals surface area contributed by atoms with E-state index >= 15 is 0 Å². The monoisotopic (exact) mass is 510 g/mol. The minimum absolute atomic E-state index is 0.190. The van der Waals surface area contributed by atoms with Crippen molar-refractivity contribution >= 4 is 16.9 Å². The molecule has 1 N–H and O–H groups in total. The summed E-state index contributed by atoms with van der Waals surface area (Å²) in [5, 5.41) is 15.2. The fourth-order valence-corrected chi connectivity index (χ4v) is 6.06. The number of hydrogen-bond donors (Lipinski definition) is 1. The van der Waals surface area contributed by atoms with Gasteiger partial charge in [0.05, 0.1) is 22.9 Å². The predicted octanol–water partition coefficient (Wildman–Crippen LogP) is 5.10. The first-order valence-electron chi connectivity index (χ1n) is 13.7. The number of benzene rings is 1. The van der Waals surface area contributed by atoms with E-state index in [2.05, 4.69) is 92.4 Å². The first-order chi connectivity index (χ1) is 18.1. The SMILES string of the molecule is Cc1cc2c(nc1-c1cccc(C)c1C)c(-c1ccc(N3CCN4C[C@H](O)C[C@H]4C3)nc1)nn2C(C)(C)C. The summed E-state index contributed by atoms with van der Waals surface area (Å²) in [4.78, 5) is 14.9. The molecule has 3 aromatic heterocycles. The van der Waals surface area contributed by atoms with Crippen LogP contribution in [0.15, 0.2) is 42.6 Å². The Balaban J connectivity index is 1.41.